The summed E-state index contributed by atoms with van der Waals surface area (Å²) < 4.78 is 13.8. The Kier molecular flexibility index (Phi) is 3.81. The van der Waals surface area contributed by atoms with Gasteiger partial charge in [0.1, 0.15) is 5.82 Å². The number of anilines is 1. The number of rotatable bonds is 2. The Morgan fingerprint density at radius 2 is 1.73 bits per heavy atom. The van der Waals surface area contributed by atoms with Gasteiger partial charge in [0.05, 0.1) is 10.6 Å². The van der Waals surface area contributed by atoms with E-state index in [1.165, 1.54) is 18.2 Å². The van der Waals surface area contributed by atoms with Gasteiger partial charge in [-0.15, -0.1) is 0 Å². The van der Waals surface area contributed by atoms with E-state index in [-0.39, 0.29) is 5.69 Å². The average Bonchev–Trinajstić information content (AvgIpc) is 2.77. The molecule has 2 aromatic rings. The number of hydrogen-bond donors (Lipinski definition) is 0. The van der Waals surface area contributed by atoms with E-state index in [4.69, 9.17) is 0 Å². The van der Waals surface area contributed by atoms with Crippen molar-refractivity contribution < 1.29 is 14.0 Å². The quantitative estimate of drug-likeness (QED) is 0.772. The fraction of sp³-hybridized carbons (Fsp3) is 0.0588. The molecule has 0 unspecified atom stereocenters. The molecule has 0 aromatic heterocycles. The average molecular weight is 313 g/mol. The molecule has 1 heterocycles. The minimum Gasteiger partial charge on any atom is -0.268 e. The van der Waals surface area contributed by atoms with Crippen LogP contribution in [0.3, 0.4) is 0 Å². The highest BCUT2D eigenvalue weighted by Gasteiger charge is 2.37. The number of benzene rings is 2. The van der Waals surface area contributed by atoms with Gasteiger partial charge < -0.3 is 0 Å². The minimum absolute atomic E-state index is 0.0156. The molecule has 22 heavy (non-hydrogen) atoms. The monoisotopic (exact) mass is 313 g/mol. The molecule has 3 rings (SSSR count). The molecule has 0 atom stereocenters. The minimum atomic E-state index is -0.595. The summed E-state index contributed by atoms with van der Waals surface area (Å²) in [6.07, 6.45) is 1.67. The lowest BCUT2D eigenvalue weighted by Crippen LogP contribution is -2.28. The first-order valence-corrected chi connectivity index (χ1v) is 7.47. The number of hydrogen-bond acceptors (Lipinski definition) is 3. The Morgan fingerprint density at radius 1 is 1.05 bits per heavy atom. The maximum atomic E-state index is 13.8. The van der Waals surface area contributed by atoms with Crippen molar-refractivity contribution in [3.8, 4) is 0 Å². The van der Waals surface area contributed by atoms with Crippen LogP contribution in [-0.2, 0) is 4.79 Å². The van der Waals surface area contributed by atoms with E-state index in [1.54, 1.807) is 12.1 Å². The first kappa shape index (κ1) is 14.5. The number of amides is 2. The lowest BCUT2D eigenvalue weighted by atomic mass is 10.1. The summed E-state index contributed by atoms with van der Waals surface area (Å²) in [7, 11) is 0. The molecule has 1 fully saturated rings. The van der Waals surface area contributed by atoms with E-state index in [2.05, 4.69) is 0 Å². The van der Waals surface area contributed by atoms with Crippen LogP contribution in [0.15, 0.2) is 53.4 Å². The second-order valence-electron chi connectivity index (χ2n) is 4.83. The van der Waals surface area contributed by atoms with Crippen LogP contribution in [0.5, 0.6) is 0 Å². The van der Waals surface area contributed by atoms with Crippen molar-refractivity contribution in [3.63, 3.8) is 0 Å². The highest BCUT2D eigenvalue weighted by atomic mass is 32.2. The van der Waals surface area contributed by atoms with Crippen LogP contribution in [-0.4, -0.2) is 11.1 Å². The molecule has 0 radical (unpaired) electrons. The lowest BCUT2D eigenvalue weighted by molar-refractivity contribution is -0.113. The summed E-state index contributed by atoms with van der Waals surface area (Å²) in [5.74, 6) is -1.09. The van der Waals surface area contributed by atoms with Crippen molar-refractivity contribution >= 4 is 34.7 Å². The number of thioether (sulfide) groups is 1. The summed E-state index contributed by atoms with van der Waals surface area (Å²) in [5, 5.41) is -0.491. The van der Waals surface area contributed by atoms with Gasteiger partial charge in [-0.2, -0.15) is 0 Å². The fourth-order valence-electron chi connectivity index (χ4n) is 2.20. The van der Waals surface area contributed by atoms with E-state index >= 15 is 0 Å². The van der Waals surface area contributed by atoms with Crippen molar-refractivity contribution in [1.82, 2.24) is 0 Å². The van der Waals surface area contributed by atoms with E-state index in [9.17, 15) is 14.0 Å². The van der Waals surface area contributed by atoms with Gasteiger partial charge >= 0.3 is 0 Å². The maximum absolute atomic E-state index is 13.8. The van der Waals surface area contributed by atoms with Crippen LogP contribution < -0.4 is 4.90 Å². The van der Waals surface area contributed by atoms with Crippen molar-refractivity contribution in [3.05, 3.63) is 70.4 Å². The SMILES string of the molecule is Cc1ccccc1/C=C1\SC(=O)N(c2ccccc2F)C1=O. The van der Waals surface area contributed by atoms with Gasteiger partial charge in [-0.05, 0) is 48.0 Å². The molecule has 0 saturated carbocycles. The molecule has 2 amide bonds. The van der Waals surface area contributed by atoms with Crippen molar-refractivity contribution in [2.24, 2.45) is 0 Å². The second kappa shape index (κ2) is 5.77. The van der Waals surface area contributed by atoms with Gasteiger partial charge in [0, 0.05) is 0 Å². The summed E-state index contributed by atoms with van der Waals surface area (Å²) in [6, 6.07) is 13.3. The van der Waals surface area contributed by atoms with Crippen LogP contribution in [0.1, 0.15) is 11.1 Å². The Balaban J connectivity index is 1.99. The van der Waals surface area contributed by atoms with Crippen LogP contribution in [0.25, 0.3) is 6.08 Å². The number of imide groups is 1. The molecule has 0 N–H and O–H groups in total. The van der Waals surface area contributed by atoms with Gasteiger partial charge in [0.15, 0.2) is 0 Å². The van der Waals surface area contributed by atoms with Gasteiger partial charge in [0.2, 0.25) is 0 Å². The summed E-state index contributed by atoms with van der Waals surface area (Å²) in [4.78, 5) is 25.7. The second-order valence-corrected chi connectivity index (χ2v) is 5.82. The molecule has 1 saturated heterocycles. The van der Waals surface area contributed by atoms with Crippen LogP contribution >= 0.6 is 11.8 Å². The third-order valence-electron chi connectivity index (χ3n) is 3.36. The molecule has 3 nitrogen and oxygen atoms in total. The molecular formula is C17H12FNO2S. The standard InChI is InChI=1S/C17H12FNO2S/c1-11-6-2-3-7-12(11)10-15-16(20)19(17(21)22-15)14-9-5-4-8-13(14)18/h2-10H,1H3/b15-10-. The van der Waals surface area contributed by atoms with Crippen LogP contribution in [0, 0.1) is 12.7 Å². The highest BCUT2D eigenvalue weighted by Crippen LogP contribution is 2.36. The zero-order valence-electron chi connectivity index (χ0n) is 11.7. The first-order chi connectivity index (χ1) is 10.6. The lowest BCUT2D eigenvalue weighted by Gasteiger charge is -2.12. The van der Waals surface area contributed by atoms with Crippen molar-refractivity contribution in [2.75, 3.05) is 4.90 Å². The van der Waals surface area contributed by atoms with E-state index < -0.39 is 17.0 Å². The Bertz CT molecular complexity index is 801. The molecular weight excluding hydrogens is 301 g/mol. The summed E-state index contributed by atoms with van der Waals surface area (Å²) in [6.45, 7) is 1.92. The first-order valence-electron chi connectivity index (χ1n) is 6.66. The number of nitrogens with zero attached hydrogens (tertiary/aromatic N) is 1. The molecule has 5 heteroatoms. The summed E-state index contributed by atoms with van der Waals surface area (Å²) in [5.41, 5.74) is 1.85. The Morgan fingerprint density at radius 3 is 2.45 bits per heavy atom. The maximum Gasteiger partial charge on any atom is 0.298 e. The topological polar surface area (TPSA) is 37.4 Å². The largest absolute Gasteiger partial charge is 0.298 e. The van der Waals surface area contributed by atoms with E-state index in [0.29, 0.717) is 4.91 Å². The van der Waals surface area contributed by atoms with Gasteiger partial charge in [0.25, 0.3) is 11.1 Å². The Hall–Kier alpha value is -2.40. The molecule has 0 aliphatic carbocycles. The Labute approximate surface area is 131 Å². The third-order valence-corrected chi connectivity index (χ3v) is 4.23. The van der Waals surface area contributed by atoms with Crippen LogP contribution in [0.2, 0.25) is 0 Å². The van der Waals surface area contributed by atoms with E-state index in [0.717, 1.165) is 27.8 Å². The van der Waals surface area contributed by atoms with Crippen molar-refractivity contribution in [1.29, 1.82) is 0 Å². The molecule has 0 spiro atoms. The fourth-order valence-corrected chi connectivity index (χ4v) is 3.02. The van der Waals surface area contributed by atoms with E-state index in [1.807, 2.05) is 31.2 Å². The van der Waals surface area contributed by atoms with Crippen LogP contribution in [0.4, 0.5) is 14.9 Å². The molecule has 110 valence electrons. The van der Waals surface area contributed by atoms with Gasteiger partial charge in [-0.1, -0.05) is 36.4 Å². The zero-order chi connectivity index (χ0) is 15.7. The molecule has 1 aliphatic heterocycles. The number of aryl methyl sites for hydroxylation is 1. The molecule has 2 aromatic carbocycles. The normalized spacial score (nSPS) is 16.6. The molecule has 0 bridgehead atoms. The number of halogens is 1. The highest BCUT2D eigenvalue weighted by molar-refractivity contribution is 8.19. The van der Waals surface area contributed by atoms with Gasteiger partial charge in [-0.25, -0.2) is 9.29 Å². The smallest absolute Gasteiger partial charge is 0.268 e. The zero-order valence-corrected chi connectivity index (χ0v) is 12.6. The molecule has 1 aliphatic rings. The van der Waals surface area contributed by atoms with Gasteiger partial charge in [-0.3, -0.25) is 9.59 Å². The predicted octanol–water partition coefficient (Wildman–Crippen LogP) is 4.38. The third kappa shape index (κ3) is 2.55. The van der Waals surface area contributed by atoms with Crippen molar-refractivity contribution in [2.45, 2.75) is 6.92 Å². The number of para-hydroxylation sites is 1. The number of carbonyl (C=O) groups is 2. The predicted molar refractivity (Wildman–Crippen MR) is 86.0 cm³/mol. The summed E-state index contributed by atoms with van der Waals surface area (Å²) >= 11 is 0.821. The number of carbonyl (C=O) groups excluding carboxylic acids is 2.